The second-order valence-corrected chi connectivity index (χ2v) is 7.59. The summed E-state index contributed by atoms with van der Waals surface area (Å²) in [6.07, 6.45) is -2.10. The topological polar surface area (TPSA) is 47.9 Å². The maximum Gasteiger partial charge on any atom is 0.113 e. The molecule has 0 amide bonds. The van der Waals surface area contributed by atoms with Gasteiger partial charge in [-0.15, -0.1) is 0 Å². The molecule has 5 unspecified atom stereocenters. The maximum atomic E-state index is 11.1. The van der Waals surface area contributed by atoms with Gasteiger partial charge in [0.15, 0.2) is 0 Å². The van der Waals surface area contributed by atoms with E-state index in [9.17, 15) is 5.11 Å². The predicted octanol–water partition coefficient (Wildman–Crippen LogP) is 4.13. The molecular weight excluding hydrogens is 352 g/mol. The molecule has 2 aromatic carbocycles. The Morgan fingerprint density at radius 2 is 1.46 bits per heavy atom. The molecule has 1 saturated heterocycles. The summed E-state index contributed by atoms with van der Waals surface area (Å²) >= 11 is 0. The molecule has 1 N–H and O–H groups in total. The monoisotopic (exact) mass is 382 g/mol. The van der Waals surface area contributed by atoms with E-state index in [1.54, 1.807) is 0 Å². The van der Waals surface area contributed by atoms with Crippen molar-refractivity contribution in [2.75, 3.05) is 6.61 Å². The number of hydrogen-bond donors (Lipinski definition) is 1. The van der Waals surface area contributed by atoms with E-state index in [4.69, 9.17) is 14.2 Å². The van der Waals surface area contributed by atoms with Crippen LogP contribution in [0.2, 0.25) is 0 Å². The van der Waals surface area contributed by atoms with Crippen LogP contribution in [-0.4, -0.2) is 36.1 Å². The van der Waals surface area contributed by atoms with Crippen LogP contribution < -0.4 is 0 Å². The summed E-state index contributed by atoms with van der Waals surface area (Å²) < 4.78 is 18.4. The Bertz CT molecular complexity index is 731. The average Bonchev–Trinajstić information content (AvgIpc) is 2.82. The summed E-state index contributed by atoms with van der Waals surface area (Å²) in [6.45, 7) is 9.29. The molecule has 0 spiro atoms. The van der Waals surface area contributed by atoms with E-state index >= 15 is 0 Å². The lowest BCUT2D eigenvalue weighted by Crippen LogP contribution is -2.47. The molecule has 0 saturated carbocycles. The highest BCUT2D eigenvalue weighted by atomic mass is 16.6. The lowest BCUT2D eigenvalue weighted by molar-refractivity contribution is -0.146. The van der Waals surface area contributed by atoms with Crippen LogP contribution in [-0.2, 0) is 27.4 Å². The van der Waals surface area contributed by atoms with Crippen LogP contribution in [0.3, 0.4) is 0 Å². The molecular formula is C24H30O4. The molecule has 1 fully saturated rings. The molecule has 1 aliphatic rings. The number of benzene rings is 2. The van der Waals surface area contributed by atoms with Crippen molar-refractivity contribution >= 4 is 0 Å². The van der Waals surface area contributed by atoms with Gasteiger partial charge in [0.1, 0.15) is 18.3 Å². The highest BCUT2D eigenvalue weighted by molar-refractivity contribution is 5.15. The molecule has 28 heavy (non-hydrogen) atoms. The first kappa shape index (κ1) is 20.7. The first-order valence-electron chi connectivity index (χ1n) is 9.82. The smallest absolute Gasteiger partial charge is 0.113 e. The lowest BCUT2D eigenvalue weighted by Gasteiger charge is -2.33. The summed E-state index contributed by atoms with van der Waals surface area (Å²) in [5, 5.41) is 11.1. The van der Waals surface area contributed by atoms with Gasteiger partial charge >= 0.3 is 0 Å². The van der Waals surface area contributed by atoms with Crippen molar-refractivity contribution < 1.29 is 19.3 Å². The number of rotatable bonds is 7. The van der Waals surface area contributed by atoms with Crippen LogP contribution in [0.5, 0.6) is 0 Å². The van der Waals surface area contributed by atoms with Crippen molar-refractivity contribution in [3.63, 3.8) is 0 Å². The van der Waals surface area contributed by atoms with Gasteiger partial charge in [-0.2, -0.15) is 0 Å². The first-order chi connectivity index (χ1) is 13.6. The fraction of sp³-hybridized carbons (Fsp3) is 0.417. The van der Waals surface area contributed by atoms with Gasteiger partial charge in [-0.05, 0) is 23.6 Å². The second kappa shape index (κ2) is 9.99. The third-order valence-electron chi connectivity index (χ3n) is 5.13. The van der Waals surface area contributed by atoms with Gasteiger partial charge in [0.25, 0.3) is 0 Å². The standard InChI is InChI=1S/C24H30O4/c1-17(2)22-21(25)24(28-16-20-12-8-5-9-13-20)23(18(3)14-26-22)27-15-19-10-6-4-7-11-19/h4-13,18,21-25H,1,14-16H2,2-3H3. The minimum atomic E-state index is -0.841. The quantitative estimate of drug-likeness (QED) is 0.732. The van der Waals surface area contributed by atoms with E-state index in [0.29, 0.717) is 19.8 Å². The SMILES string of the molecule is C=C(C)C1OCC(C)C(OCc2ccccc2)C(OCc2ccccc2)C1O. The van der Waals surface area contributed by atoms with Crippen molar-refractivity contribution in [2.24, 2.45) is 5.92 Å². The van der Waals surface area contributed by atoms with E-state index in [1.165, 1.54) is 0 Å². The van der Waals surface area contributed by atoms with Gasteiger partial charge in [-0.3, -0.25) is 0 Å². The van der Waals surface area contributed by atoms with E-state index in [1.807, 2.05) is 67.6 Å². The van der Waals surface area contributed by atoms with Crippen molar-refractivity contribution in [1.29, 1.82) is 0 Å². The van der Waals surface area contributed by atoms with Gasteiger partial charge in [0, 0.05) is 5.92 Å². The van der Waals surface area contributed by atoms with Gasteiger partial charge in [0.2, 0.25) is 0 Å². The number of hydrogen-bond acceptors (Lipinski definition) is 4. The summed E-state index contributed by atoms with van der Waals surface area (Å²) in [7, 11) is 0. The van der Waals surface area contributed by atoms with E-state index in [-0.39, 0.29) is 12.0 Å². The zero-order chi connectivity index (χ0) is 19.9. The first-order valence-corrected chi connectivity index (χ1v) is 9.82. The average molecular weight is 383 g/mol. The molecule has 1 heterocycles. The molecule has 2 aromatic rings. The lowest BCUT2D eigenvalue weighted by atomic mass is 9.94. The van der Waals surface area contributed by atoms with Crippen molar-refractivity contribution in [3.05, 3.63) is 83.9 Å². The van der Waals surface area contributed by atoms with Crippen LogP contribution in [0.4, 0.5) is 0 Å². The summed E-state index contributed by atoms with van der Waals surface area (Å²) in [5.41, 5.74) is 2.94. The Hall–Kier alpha value is -1.98. The van der Waals surface area contributed by atoms with Gasteiger partial charge in [0.05, 0.1) is 25.9 Å². The third-order valence-corrected chi connectivity index (χ3v) is 5.13. The molecule has 1 aliphatic heterocycles. The maximum absolute atomic E-state index is 11.1. The minimum absolute atomic E-state index is 0.0727. The van der Waals surface area contributed by atoms with Crippen molar-refractivity contribution in [1.82, 2.24) is 0 Å². The van der Waals surface area contributed by atoms with Gasteiger partial charge in [-0.1, -0.05) is 74.2 Å². The van der Waals surface area contributed by atoms with Gasteiger partial charge < -0.3 is 19.3 Å². The van der Waals surface area contributed by atoms with E-state index in [2.05, 4.69) is 13.5 Å². The normalized spacial score (nSPS) is 27.9. The molecule has 150 valence electrons. The summed E-state index contributed by atoms with van der Waals surface area (Å²) in [5.74, 6) is 0.0727. The summed E-state index contributed by atoms with van der Waals surface area (Å²) in [6, 6.07) is 20.0. The Labute approximate surface area is 167 Å². The van der Waals surface area contributed by atoms with Gasteiger partial charge in [-0.25, -0.2) is 0 Å². The second-order valence-electron chi connectivity index (χ2n) is 7.59. The zero-order valence-electron chi connectivity index (χ0n) is 16.7. The molecule has 0 radical (unpaired) electrons. The number of aliphatic hydroxyl groups excluding tert-OH is 1. The fourth-order valence-electron chi connectivity index (χ4n) is 3.56. The van der Waals surface area contributed by atoms with Crippen LogP contribution in [0.15, 0.2) is 72.8 Å². The molecule has 5 atom stereocenters. The molecule has 3 rings (SSSR count). The zero-order valence-corrected chi connectivity index (χ0v) is 16.7. The highest BCUT2D eigenvalue weighted by Gasteiger charge is 2.42. The molecule has 0 bridgehead atoms. The third kappa shape index (κ3) is 5.30. The summed E-state index contributed by atoms with van der Waals surface area (Å²) in [4.78, 5) is 0. The van der Waals surface area contributed by atoms with Crippen LogP contribution in [0.1, 0.15) is 25.0 Å². The fourth-order valence-corrected chi connectivity index (χ4v) is 3.56. The molecule has 4 heteroatoms. The predicted molar refractivity (Wildman–Crippen MR) is 110 cm³/mol. The van der Waals surface area contributed by atoms with E-state index in [0.717, 1.165) is 16.7 Å². The number of aliphatic hydroxyl groups is 1. The van der Waals surface area contributed by atoms with E-state index < -0.39 is 18.3 Å². The van der Waals surface area contributed by atoms with Crippen molar-refractivity contribution in [3.8, 4) is 0 Å². The minimum Gasteiger partial charge on any atom is -0.387 e. The Balaban J connectivity index is 1.78. The highest BCUT2D eigenvalue weighted by Crippen LogP contribution is 2.29. The Morgan fingerprint density at radius 1 is 0.964 bits per heavy atom. The van der Waals surface area contributed by atoms with Crippen molar-refractivity contribution in [2.45, 2.75) is 51.5 Å². The Morgan fingerprint density at radius 3 is 1.96 bits per heavy atom. The Kier molecular flexibility index (Phi) is 7.40. The largest absolute Gasteiger partial charge is 0.387 e. The molecule has 0 aromatic heterocycles. The van der Waals surface area contributed by atoms with Crippen LogP contribution in [0, 0.1) is 5.92 Å². The number of ether oxygens (including phenoxy) is 3. The molecule has 0 aliphatic carbocycles. The van der Waals surface area contributed by atoms with Crippen LogP contribution >= 0.6 is 0 Å². The van der Waals surface area contributed by atoms with Crippen LogP contribution in [0.25, 0.3) is 0 Å². The molecule has 4 nitrogen and oxygen atoms in total.